The molecular weight excluding hydrogens is 241 g/mol. The molecule has 0 amide bonds. The van der Waals surface area contributed by atoms with Crippen LogP contribution in [0.2, 0.25) is 0 Å². The van der Waals surface area contributed by atoms with Crippen LogP contribution < -0.4 is 5.32 Å². The molecule has 1 N–H and O–H groups in total. The molecule has 3 nitrogen and oxygen atoms in total. The van der Waals surface area contributed by atoms with E-state index in [4.69, 9.17) is 0 Å². The van der Waals surface area contributed by atoms with E-state index >= 15 is 0 Å². The van der Waals surface area contributed by atoms with E-state index in [-0.39, 0.29) is 5.82 Å². The number of para-hydroxylation sites is 1. The summed E-state index contributed by atoms with van der Waals surface area (Å²) in [6, 6.07) is 12.9. The number of halogens is 1. The summed E-state index contributed by atoms with van der Waals surface area (Å²) in [5.74, 6) is 0.957. The van der Waals surface area contributed by atoms with Gasteiger partial charge in [-0.25, -0.2) is 14.4 Å². The van der Waals surface area contributed by atoms with Crippen LogP contribution in [0.4, 0.5) is 16.0 Å². The number of anilines is 2. The number of benzene rings is 1. The Bertz CT molecular complexity index is 723. The molecule has 0 saturated carbocycles. The first-order valence-corrected chi connectivity index (χ1v) is 5.97. The summed E-state index contributed by atoms with van der Waals surface area (Å²) in [7, 11) is 0. The van der Waals surface area contributed by atoms with Gasteiger partial charge in [0.1, 0.15) is 17.5 Å². The van der Waals surface area contributed by atoms with Crippen LogP contribution in [0, 0.1) is 12.7 Å². The van der Waals surface area contributed by atoms with Gasteiger partial charge >= 0.3 is 0 Å². The fraction of sp³-hybridized carbons (Fsp3) is 0.0667. The van der Waals surface area contributed by atoms with Crippen molar-refractivity contribution in [1.82, 2.24) is 9.97 Å². The van der Waals surface area contributed by atoms with E-state index in [2.05, 4.69) is 21.4 Å². The minimum Gasteiger partial charge on any atom is -0.325 e. The molecule has 2 aromatic heterocycles. The zero-order chi connectivity index (χ0) is 13.2. The lowest BCUT2D eigenvalue weighted by atomic mass is 10.1. The first-order valence-electron chi connectivity index (χ1n) is 5.97. The van der Waals surface area contributed by atoms with Crippen molar-refractivity contribution in [2.45, 2.75) is 6.92 Å². The number of aromatic nitrogens is 2. The van der Waals surface area contributed by atoms with Crippen LogP contribution in [0.1, 0.15) is 5.56 Å². The van der Waals surface area contributed by atoms with Gasteiger partial charge in [0.25, 0.3) is 0 Å². The average Bonchev–Trinajstić information content (AvgIpc) is 2.42. The Hall–Kier alpha value is -2.49. The van der Waals surface area contributed by atoms with Gasteiger partial charge in [-0.05, 0) is 36.8 Å². The number of aryl methyl sites for hydroxylation is 1. The van der Waals surface area contributed by atoms with Crippen molar-refractivity contribution in [3.63, 3.8) is 0 Å². The van der Waals surface area contributed by atoms with Crippen molar-refractivity contribution >= 4 is 22.5 Å². The standard InChI is InChI=1S/C15H12FN3/c1-10-8-11-4-2-3-5-13(11)18-15(10)19-14-7-6-12(16)9-17-14/h2-9H,1H3,(H,17,18,19). The van der Waals surface area contributed by atoms with Gasteiger partial charge in [0.05, 0.1) is 11.7 Å². The van der Waals surface area contributed by atoms with E-state index in [9.17, 15) is 4.39 Å². The molecule has 0 aliphatic rings. The molecule has 3 rings (SSSR count). The minimum atomic E-state index is -0.353. The fourth-order valence-electron chi connectivity index (χ4n) is 1.92. The van der Waals surface area contributed by atoms with Crippen molar-refractivity contribution in [2.75, 3.05) is 5.32 Å². The van der Waals surface area contributed by atoms with Crippen molar-refractivity contribution in [1.29, 1.82) is 0 Å². The van der Waals surface area contributed by atoms with Crippen molar-refractivity contribution < 1.29 is 4.39 Å². The van der Waals surface area contributed by atoms with Crippen LogP contribution in [0.15, 0.2) is 48.7 Å². The van der Waals surface area contributed by atoms with Crippen molar-refractivity contribution in [3.8, 4) is 0 Å². The highest BCUT2D eigenvalue weighted by Crippen LogP contribution is 2.22. The maximum absolute atomic E-state index is 12.8. The number of hydrogen-bond acceptors (Lipinski definition) is 3. The van der Waals surface area contributed by atoms with Crippen molar-refractivity contribution in [2.24, 2.45) is 0 Å². The zero-order valence-corrected chi connectivity index (χ0v) is 10.4. The Labute approximate surface area is 110 Å². The van der Waals surface area contributed by atoms with E-state index < -0.39 is 0 Å². The highest BCUT2D eigenvalue weighted by Gasteiger charge is 2.04. The molecule has 0 aliphatic carbocycles. The Balaban J connectivity index is 2.00. The highest BCUT2D eigenvalue weighted by atomic mass is 19.1. The van der Waals surface area contributed by atoms with E-state index in [1.54, 1.807) is 6.07 Å². The largest absolute Gasteiger partial charge is 0.325 e. The number of pyridine rings is 2. The Morgan fingerprint density at radius 1 is 1.11 bits per heavy atom. The lowest BCUT2D eigenvalue weighted by Crippen LogP contribution is -1.99. The molecule has 0 atom stereocenters. The summed E-state index contributed by atoms with van der Waals surface area (Å²) in [5.41, 5.74) is 1.93. The third-order valence-electron chi connectivity index (χ3n) is 2.89. The van der Waals surface area contributed by atoms with Gasteiger partial charge in [-0.3, -0.25) is 0 Å². The number of nitrogens with zero attached hydrogens (tertiary/aromatic N) is 2. The summed E-state index contributed by atoms with van der Waals surface area (Å²) in [6.45, 7) is 1.98. The summed E-state index contributed by atoms with van der Waals surface area (Å²) < 4.78 is 12.8. The SMILES string of the molecule is Cc1cc2ccccc2nc1Nc1ccc(F)cn1. The van der Waals surface area contributed by atoms with Crippen LogP contribution in [0.5, 0.6) is 0 Å². The van der Waals surface area contributed by atoms with Crippen LogP contribution >= 0.6 is 0 Å². The normalized spacial score (nSPS) is 10.6. The first kappa shape index (κ1) is 11.6. The minimum absolute atomic E-state index is 0.353. The van der Waals surface area contributed by atoms with E-state index in [1.807, 2.05) is 31.2 Å². The summed E-state index contributed by atoms with van der Waals surface area (Å²) in [5, 5.41) is 4.20. The van der Waals surface area contributed by atoms with E-state index in [0.29, 0.717) is 5.82 Å². The molecule has 0 spiro atoms. The molecule has 4 heteroatoms. The second-order valence-corrected chi connectivity index (χ2v) is 4.33. The number of fused-ring (bicyclic) bond motifs is 1. The van der Waals surface area contributed by atoms with E-state index in [1.165, 1.54) is 12.3 Å². The van der Waals surface area contributed by atoms with Gasteiger partial charge in [0.2, 0.25) is 0 Å². The monoisotopic (exact) mass is 253 g/mol. The van der Waals surface area contributed by atoms with Crippen molar-refractivity contribution in [3.05, 3.63) is 60.0 Å². The molecule has 19 heavy (non-hydrogen) atoms. The van der Waals surface area contributed by atoms with Gasteiger partial charge in [0, 0.05) is 5.39 Å². The quantitative estimate of drug-likeness (QED) is 0.754. The Kier molecular flexibility index (Phi) is 2.83. The summed E-state index contributed by atoms with van der Waals surface area (Å²) in [4.78, 5) is 8.52. The average molecular weight is 253 g/mol. The Morgan fingerprint density at radius 3 is 2.74 bits per heavy atom. The van der Waals surface area contributed by atoms with Crippen LogP contribution in [0.25, 0.3) is 10.9 Å². The van der Waals surface area contributed by atoms with Crippen LogP contribution in [-0.2, 0) is 0 Å². The molecule has 0 bridgehead atoms. The number of nitrogens with one attached hydrogen (secondary N) is 1. The summed E-state index contributed by atoms with van der Waals surface area (Å²) >= 11 is 0. The molecule has 0 saturated heterocycles. The van der Waals surface area contributed by atoms with Crippen LogP contribution in [0.3, 0.4) is 0 Å². The number of hydrogen-bond donors (Lipinski definition) is 1. The zero-order valence-electron chi connectivity index (χ0n) is 10.4. The molecule has 0 aliphatic heterocycles. The smallest absolute Gasteiger partial charge is 0.141 e. The van der Waals surface area contributed by atoms with E-state index in [0.717, 1.165) is 22.3 Å². The predicted octanol–water partition coefficient (Wildman–Crippen LogP) is 3.82. The molecule has 0 radical (unpaired) electrons. The predicted molar refractivity (Wildman–Crippen MR) is 74.0 cm³/mol. The maximum atomic E-state index is 12.8. The second kappa shape index (κ2) is 4.65. The van der Waals surface area contributed by atoms with Gasteiger partial charge in [-0.1, -0.05) is 18.2 Å². The second-order valence-electron chi connectivity index (χ2n) is 4.33. The third-order valence-corrected chi connectivity index (χ3v) is 2.89. The lowest BCUT2D eigenvalue weighted by molar-refractivity contribution is 0.622. The molecule has 2 heterocycles. The molecule has 0 unspecified atom stereocenters. The lowest BCUT2D eigenvalue weighted by Gasteiger charge is -2.09. The first-order chi connectivity index (χ1) is 9.22. The highest BCUT2D eigenvalue weighted by molar-refractivity contribution is 5.82. The van der Waals surface area contributed by atoms with Gasteiger partial charge in [-0.2, -0.15) is 0 Å². The fourth-order valence-corrected chi connectivity index (χ4v) is 1.92. The van der Waals surface area contributed by atoms with Gasteiger partial charge < -0.3 is 5.32 Å². The molecule has 0 fully saturated rings. The third kappa shape index (κ3) is 2.38. The van der Waals surface area contributed by atoms with Crippen LogP contribution in [-0.4, -0.2) is 9.97 Å². The molecule has 3 aromatic rings. The molecule has 94 valence electrons. The Morgan fingerprint density at radius 2 is 1.95 bits per heavy atom. The van der Waals surface area contributed by atoms with Gasteiger partial charge in [0.15, 0.2) is 0 Å². The summed E-state index contributed by atoms with van der Waals surface area (Å²) in [6.07, 6.45) is 1.18. The topological polar surface area (TPSA) is 37.8 Å². The molecular formula is C15H12FN3. The number of rotatable bonds is 2. The maximum Gasteiger partial charge on any atom is 0.141 e. The molecule has 1 aromatic carbocycles. The van der Waals surface area contributed by atoms with Gasteiger partial charge in [-0.15, -0.1) is 0 Å².